The molecule has 0 aliphatic heterocycles. The number of Topliss-reactive ketones (excluding diaryl/α,β-unsaturated/α-hetero) is 1. The molecule has 1 unspecified atom stereocenters. The summed E-state index contributed by atoms with van der Waals surface area (Å²) in [5.41, 5.74) is 4.57. The van der Waals surface area contributed by atoms with Gasteiger partial charge < -0.3 is 0 Å². The molecule has 0 spiro atoms. The Kier molecular flexibility index (Phi) is 3.43. The normalized spacial score (nSPS) is 17.4. The Bertz CT molecular complexity index is 1310. The molecule has 2 aliphatic rings. The van der Waals surface area contributed by atoms with Crippen LogP contribution in [0.2, 0.25) is 0 Å². The molecule has 0 fully saturated rings. The molecule has 0 bridgehead atoms. The molecule has 1 heterocycles. The summed E-state index contributed by atoms with van der Waals surface area (Å²) in [6, 6.07) is 17.1. The average Bonchev–Trinajstić information content (AvgIpc) is 3.02. The van der Waals surface area contributed by atoms with Crippen molar-refractivity contribution in [2.24, 2.45) is 14.1 Å². The van der Waals surface area contributed by atoms with Gasteiger partial charge in [-0.15, -0.1) is 0 Å². The highest BCUT2D eigenvalue weighted by Crippen LogP contribution is 2.47. The molecule has 138 valence electrons. The van der Waals surface area contributed by atoms with E-state index >= 15 is 0 Å². The molecule has 5 heteroatoms. The number of nitrogens with zero attached hydrogens (tertiary/aromatic N) is 2. The summed E-state index contributed by atoms with van der Waals surface area (Å²) < 4.78 is 2.68. The van der Waals surface area contributed by atoms with Crippen molar-refractivity contribution in [2.45, 2.75) is 12.3 Å². The summed E-state index contributed by atoms with van der Waals surface area (Å²) in [4.78, 5) is 39.0. The van der Waals surface area contributed by atoms with Crippen LogP contribution in [0.5, 0.6) is 0 Å². The highest BCUT2D eigenvalue weighted by atomic mass is 16.2. The molecule has 0 radical (unpaired) electrons. The van der Waals surface area contributed by atoms with Crippen LogP contribution in [0.25, 0.3) is 5.57 Å². The highest BCUT2D eigenvalue weighted by molar-refractivity contribution is 6.22. The van der Waals surface area contributed by atoms with E-state index in [-0.39, 0.29) is 17.0 Å². The predicted molar refractivity (Wildman–Crippen MR) is 107 cm³/mol. The highest BCUT2D eigenvalue weighted by Gasteiger charge is 2.42. The number of rotatable bonds is 1. The van der Waals surface area contributed by atoms with Crippen LogP contribution in [0.4, 0.5) is 0 Å². The van der Waals surface area contributed by atoms with Gasteiger partial charge in [0.15, 0.2) is 5.78 Å². The summed E-state index contributed by atoms with van der Waals surface area (Å²) in [7, 11) is 3.18. The number of ketones is 1. The molecule has 28 heavy (non-hydrogen) atoms. The molecule has 5 nitrogen and oxygen atoms in total. The van der Waals surface area contributed by atoms with E-state index in [1.54, 1.807) is 11.6 Å². The van der Waals surface area contributed by atoms with Gasteiger partial charge in [-0.05, 0) is 16.7 Å². The van der Waals surface area contributed by atoms with Crippen LogP contribution >= 0.6 is 0 Å². The van der Waals surface area contributed by atoms with Crippen LogP contribution < -0.4 is 11.2 Å². The number of hydrogen-bond acceptors (Lipinski definition) is 3. The molecule has 2 aromatic carbocycles. The van der Waals surface area contributed by atoms with Crippen molar-refractivity contribution in [2.75, 3.05) is 0 Å². The first kappa shape index (κ1) is 16.7. The molecule has 3 aromatic rings. The van der Waals surface area contributed by atoms with Crippen LogP contribution in [-0.4, -0.2) is 14.9 Å². The lowest BCUT2D eigenvalue weighted by Crippen LogP contribution is -2.43. The minimum Gasteiger partial charge on any atom is -0.300 e. The van der Waals surface area contributed by atoms with Crippen molar-refractivity contribution in [3.05, 3.63) is 109 Å². The Morgan fingerprint density at radius 3 is 2.18 bits per heavy atom. The van der Waals surface area contributed by atoms with Crippen LogP contribution in [-0.2, 0) is 20.5 Å². The van der Waals surface area contributed by atoms with Gasteiger partial charge in [-0.1, -0.05) is 54.6 Å². The lowest BCUT2D eigenvalue weighted by atomic mass is 9.76. The van der Waals surface area contributed by atoms with E-state index in [9.17, 15) is 14.4 Å². The molecule has 0 amide bonds. The predicted octanol–water partition coefficient (Wildman–Crippen LogP) is 2.42. The minimum atomic E-state index is -0.481. The van der Waals surface area contributed by atoms with Gasteiger partial charge in [0.05, 0.1) is 0 Å². The standard InChI is InChI=1S/C23H18N2O3/c1-24-17-12-16-14-10-6-7-11-15(14)21(26)19(16)18(13-8-4-3-5-9-13)20(17)22(27)25(2)23(24)28/h3-11,18H,12H2,1-2H3. The van der Waals surface area contributed by atoms with Crippen LogP contribution in [0.1, 0.15) is 38.7 Å². The van der Waals surface area contributed by atoms with Gasteiger partial charge in [-0.25, -0.2) is 4.79 Å². The zero-order valence-electron chi connectivity index (χ0n) is 15.6. The Balaban J connectivity index is 1.90. The van der Waals surface area contributed by atoms with E-state index in [2.05, 4.69) is 0 Å². The summed E-state index contributed by atoms with van der Waals surface area (Å²) in [6.07, 6.45) is 0.401. The summed E-state index contributed by atoms with van der Waals surface area (Å²) in [6.45, 7) is 0. The Labute approximate surface area is 161 Å². The van der Waals surface area contributed by atoms with E-state index in [1.807, 2.05) is 54.6 Å². The van der Waals surface area contributed by atoms with Gasteiger partial charge in [0.2, 0.25) is 0 Å². The van der Waals surface area contributed by atoms with Crippen molar-refractivity contribution in [3.8, 4) is 0 Å². The second-order valence-electron chi connectivity index (χ2n) is 7.35. The maximum Gasteiger partial charge on any atom is 0.330 e. The SMILES string of the molecule is Cn1c2c(c(=O)n(C)c1=O)C(c1ccccc1)C1=C(C2)c2ccccc2C1=O. The molecule has 2 aliphatic carbocycles. The van der Waals surface area contributed by atoms with Crippen LogP contribution in [0.3, 0.4) is 0 Å². The number of hydrogen-bond donors (Lipinski definition) is 0. The molecule has 0 saturated carbocycles. The van der Waals surface area contributed by atoms with Crippen molar-refractivity contribution in [3.63, 3.8) is 0 Å². The average molecular weight is 370 g/mol. The largest absolute Gasteiger partial charge is 0.330 e. The quantitative estimate of drug-likeness (QED) is 0.661. The minimum absolute atomic E-state index is 0.0268. The Morgan fingerprint density at radius 2 is 1.46 bits per heavy atom. The fraction of sp³-hybridized carbons (Fsp3) is 0.174. The second-order valence-corrected chi connectivity index (χ2v) is 7.35. The fourth-order valence-electron chi connectivity index (χ4n) is 4.57. The first-order chi connectivity index (χ1) is 13.5. The van der Waals surface area contributed by atoms with E-state index in [1.165, 1.54) is 7.05 Å². The van der Waals surface area contributed by atoms with Gasteiger partial charge in [0.1, 0.15) is 0 Å². The van der Waals surface area contributed by atoms with Gasteiger partial charge in [0.25, 0.3) is 5.56 Å². The molecular formula is C23H18N2O3. The first-order valence-corrected chi connectivity index (χ1v) is 9.21. The molecule has 0 N–H and O–H groups in total. The topological polar surface area (TPSA) is 61.1 Å². The zero-order chi connectivity index (χ0) is 19.6. The number of carbonyl (C=O) groups excluding carboxylic acids is 1. The molecule has 1 atom stereocenters. The maximum absolute atomic E-state index is 13.3. The lowest BCUT2D eigenvalue weighted by molar-refractivity contribution is 0.103. The van der Waals surface area contributed by atoms with Crippen molar-refractivity contribution >= 4 is 11.4 Å². The smallest absolute Gasteiger partial charge is 0.300 e. The van der Waals surface area contributed by atoms with Gasteiger partial charge in [-0.3, -0.25) is 18.7 Å². The monoisotopic (exact) mass is 370 g/mol. The summed E-state index contributed by atoms with van der Waals surface area (Å²) in [5.74, 6) is -0.508. The van der Waals surface area contributed by atoms with Crippen molar-refractivity contribution < 1.29 is 4.79 Å². The Hall–Kier alpha value is -3.47. The summed E-state index contributed by atoms with van der Waals surface area (Å²) >= 11 is 0. The van der Waals surface area contributed by atoms with Crippen molar-refractivity contribution in [1.29, 1.82) is 0 Å². The van der Waals surface area contributed by atoms with Crippen LogP contribution in [0, 0.1) is 0 Å². The van der Waals surface area contributed by atoms with Crippen molar-refractivity contribution in [1.82, 2.24) is 9.13 Å². The fourth-order valence-corrected chi connectivity index (χ4v) is 4.57. The maximum atomic E-state index is 13.3. The lowest BCUT2D eigenvalue weighted by Gasteiger charge is -2.29. The first-order valence-electron chi connectivity index (χ1n) is 9.21. The van der Waals surface area contributed by atoms with E-state index in [4.69, 9.17) is 0 Å². The third-order valence-corrected chi connectivity index (χ3v) is 5.95. The third-order valence-electron chi connectivity index (χ3n) is 5.95. The number of fused-ring (bicyclic) bond motifs is 3. The number of carbonyl (C=O) groups is 1. The Morgan fingerprint density at radius 1 is 0.821 bits per heavy atom. The number of benzene rings is 2. The molecule has 1 aromatic heterocycles. The van der Waals surface area contributed by atoms with Gasteiger partial charge in [-0.2, -0.15) is 0 Å². The van der Waals surface area contributed by atoms with E-state index in [0.29, 0.717) is 28.8 Å². The van der Waals surface area contributed by atoms with Crippen LogP contribution in [0.15, 0.2) is 69.8 Å². The number of aromatic nitrogens is 2. The molecular weight excluding hydrogens is 352 g/mol. The molecule has 0 saturated heterocycles. The zero-order valence-corrected chi connectivity index (χ0v) is 15.6. The third kappa shape index (κ3) is 2.04. The second kappa shape index (κ2) is 5.76. The number of allylic oxidation sites excluding steroid dienone is 2. The van der Waals surface area contributed by atoms with E-state index < -0.39 is 5.92 Å². The van der Waals surface area contributed by atoms with Gasteiger partial charge in [0, 0.05) is 48.8 Å². The van der Waals surface area contributed by atoms with Gasteiger partial charge >= 0.3 is 5.69 Å². The molecule has 5 rings (SSSR count). The van der Waals surface area contributed by atoms with E-state index in [0.717, 1.165) is 21.3 Å². The summed E-state index contributed by atoms with van der Waals surface area (Å²) in [5, 5.41) is 0.